The predicted molar refractivity (Wildman–Crippen MR) is 76.3 cm³/mol. The summed E-state index contributed by atoms with van der Waals surface area (Å²) >= 11 is 0. The summed E-state index contributed by atoms with van der Waals surface area (Å²) in [5.74, 6) is 0.893. The van der Waals surface area contributed by atoms with Gasteiger partial charge in [-0.1, -0.05) is 24.2 Å². The molecule has 1 aromatic carbocycles. The Morgan fingerprint density at radius 3 is 2.81 bits per heavy atom. The van der Waals surface area contributed by atoms with Gasteiger partial charge in [-0.05, 0) is 37.6 Å². The van der Waals surface area contributed by atoms with Crippen LogP contribution in [-0.4, -0.2) is 16.9 Å². The van der Waals surface area contributed by atoms with Gasteiger partial charge < -0.3 is 10.1 Å². The second-order valence-electron chi connectivity index (χ2n) is 5.36. The van der Waals surface area contributed by atoms with Crippen molar-refractivity contribution in [1.82, 2.24) is 15.6 Å². The molecule has 0 amide bonds. The Labute approximate surface area is 123 Å². The predicted octanol–water partition coefficient (Wildman–Crippen LogP) is 2.84. The topological polar surface area (TPSA) is 60.2 Å². The first kappa shape index (κ1) is 15.4. The van der Waals surface area contributed by atoms with E-state index in [2.05, 4.69) is 34.1 Å². The van der Waals surface area contributed by atoms with Crippen LogP contribution in [0.5, 0.6) is 5.75 Å². The van der Waals surface area contributed by atoms with Gasteiger partial charge in [-0.25, -0.2) is 9.02 Å². The quantitative estimate of drug-likeness (QED) is 0.850. The molecule has 5 nitrogen and oxygen atoms in total. The van der Waals surface area contributed by atoms with Crippen molar-refractivity contribution >= 4 is 0 Å². The number of ether oxygens (including phenoxy) is 1. The van der Waals surface area contributed by atoms with Gasteiger partial charge in [-0.15, -0.1) is 0 Å². The summed E-state index contributed by atoms with van der Waals surface area (Å²) in [6, 6.07) is 4.50. The van der Waals surface area contributed by atoms with Crippen LogP contribution < -0.4 is 10.1 Å². The number of nitrogens with one attached hydrogen (secondary N) is 1. The molecule has 2 aromatic rings. The Hall–Kier alpha value is -1.95. The third-order valence-electron chi connectivity index (χ3n) is 3.00. The van der Waals surface area contributed by atoms with Crippen LogP contribution in [0, 0.1) is 18.7 Å². The summed E-state index contributed by atoms with van der Waals surface area (Å²) in [5.41, 5.74) is 2.11. The minimum absolute atomic E-state index is 0.248. The lowest BCUT2D eigenvalue weighted by molar-refractivity contribution is 0.268. The molecule has 114 valence electrons. The lowest BCUT2D eigenvalue weighted by Crippen LogP contribution is -2.19. The molecule has 2 rings (SSSR count). The molecule has 0 spiro atoms. The van der Waals surface area contributed by atoms with E-state index in [1.807, 2.05) is 0 Å². The zero-order valence-electron chi connectivity index (χ0n) is 12.5. The highest BCUT2D eigenvalue weighted by Crippen LogP contribution is 2.21. The van der Waals surface area contributed by atoms with E-state index in [1.165, 1.54) is 12.1 Å². The molecule has 0 bridgehead atoms. The molecule has 21 heavy (non-hydrogen) atoms. The number of hydrogen-bond donors (Lipinski definition) is 1. The van der Waals surface area contributed by atoms with Crippen molar-refractivity contribution in [2.24, 2.45) is 5.92 Å². The van der Waals surface area contributed by atoms with Crippen molar-refractivity contribution in [3.05, 3.63) is 41.0 Å². The first-order valence-electron chi connectivity index (χ1n) is 6.96. The maximum Gasteiger partial charge on any atom is 0.145 e. The van der Waals surface area contributed by atoms with Crippen LogP contribution in [0.3, 0.4) is 0 Å². The Morgan fingerprint density at radius 2 is 2.14 bits per heavy atom. The van der Waals surface area contributed by atoms with Gasteiger partial charge in [0.1, 0.15) is 29.6 Å². The summed E-state index contributed by atoms with van der Waals surface area (Å²) in [5, 5.41) is 10.7. The Kier molecular flexibility index (Phi) is 5.27. The van der Waals surface area contributed by atoms with Gasteiger partial charge in [-0.3, -0.25) is 0 Å². The molecule has 0 fully saturated rings. The van der Waals surface area contributed by atoms with Crippen LogP contribution in [0.25, 0.3) is 0 Å². The second-order valence-corrected chi connectivity index (χ2v) is 5.36. The highest BCUT2D eigenvalue weighted by molar-refractivity contribution is 5.34. The lowest BCUT2D eigenvalue weighted by Gasteiger charge is -2.12. The summed E-state index contributed by atoms with van der Waals surface area (Å²) in [6.45, 7) is 7.71. The number of benzene rings is 1. The average Bonchev–Trinajstić information content (AvgIpc) is 2.83. The number of aryl methyl sites for hydroxylation is 1. The van der Waals surface area contributed by atoms with Crippen LogP contribution in [0.4, 0.5) is 4.39 Å². The van der Waals surface area contributed by atoms with E-state index in [1.54, 1.807) is 13.0 Å². The fourth-order valence-corrected chi connectivity index (χ4v) is 1.85. The normalized spacial score (nSPS) is 11.1. The molecule has 6 heteroatoms. The number of rotatable bonds is 7. The fraction of sp³-hybridized carbons (Fsp3) is 0.467. The number of hydrogen-bond acceptors (Lipinski definition) is 5. The third kappa shape index (κ3) is 4.53. The Bertz CT molecular complexity index is 584. The minimum atomic E-state index is -0.275. The molecule has 0 aliphatic heterocycles. The second kappa shape index (κ2) is 7.17. The average molecular weight is 293 g/mol. The molecule has 0 atom stereocenters. The Morgan fingerprint density at radius 1 is 1.33 bits per heavy atom. The summed E-state index contributed by atoms with van der Waals surface area (Å²) in [6.07, 6.45) is 0. The van der Waals surface area contributed by atoms with Crippen LogP contribution in [-0.2, 0) is 13.2 Å². The zero-order valence-corrected chi connectivity index (χ0v) is 12.5. The maximum absolute atomic E-state index is 13.4. The van der Waals surface area contributed by atoms with Gasteiger partial charge in [0.2, 0.25) is 0 Å². The number of halogens is 1. The molecule has 1 aromatic heterocycles. The van der Waals surface area contributed by atoms with E-state index >= 15 is 0 Å². The molecule has 1 heterocycles. The highest BCUT2D eigenvalue weighted by atomic mass is 19.1. The molecular formula is C15H20FN3O2. The van der Waals surface area contributed by atoms with Crippen molar-refractivity contribution in [2.75, 3.05) is 6.54 Å². The molecule has 0 radical (unpaired) electrons. The van der Waals surface area contributed by atoms with Crippen molar-refractivity contribution in [1.29, 1.82) is 0 Å². The molecular weight excluding hydrogens is 273 g/mol. The monoisotopic (exact) mass is 293 g/mol. The van der Waals surface area contributed by atoms with Crippen molar-refractivity contribution < 1.29 is 13.8 Å². The van der Waals surface area contributed by atoms with Gasteiger partial charge in [0.15, 0.2) is 0 Å². The molecule has 0 aliphatic rings. The van der Waals surface area contributed by atoms with Crippen LogP contribution in [0.15, 0.2) is 22.8 Å². The third-order valence-corrected chi connectivity index (χ3v) is 3.00. The molecule has 0 saturated carbocycles. The van der Waals surface area contributed by atoms with Gasteiger partial charge in [0.25, 0.3) is 0 Å². The van der Waals surface area contributed by atoms with E-state index in [9.17, 15) is 4.39 Å². The highest BCUT2D eigenvalue weighted by Gasteiger charge is 2.10. The Balaban J connectivity index is 2.02. The van der Waals surface area contributed by atoms with Crippen LogP contribution in [0.2, 0.25) is 0 Å². The summed E-state index contributed by atoms with van der Waals surface area (Å²) < 4.78 is 23.7. The van der Waals surface area contributed by atoms with Crippen LogP contribution >= 0.6 is 0 Å². The summed E-state index contributed by atoms with van der Waals surface area (Å²) in [4.78, 5) is 0. The van der Waals surface area contributed by atoms with E-state index in [0.717, 1.165) is 12.1 Å². The first-order valence-corrected chi connectivity index (χ1v) is 6.96. The molecule has 1 N–H and O–H groups in total. The molecule has 0 saturated heterocycles. The van der Waals surface area contributed by atoms with Gasteiger partial charge >= 0.3 is 0 Å². The van der Waals surface area contributed by atoms with Gasteiger partial charge in [0.05, 0.1) is 0 Å². The largest absolute Gasteiger partial charge is 0.487 e. The van der Waals surface area contributed by atoms with Crippen molar-refractivity contribution in [3.63, 3.8) is 0 Å². The molecule has 0 aliphatic carbocycles. The van der Waals surface area contributed by atoms with Gasteiger partial charge in [-0.2, -0.15) is 0 Å². The first-order chi connectivity index (χ1) is 10.1. The lowest BCUT2D eigenvalue weighted by atomic mass is 10.1. The van der Waals surface area contributed by atoms with E-state index < -0.39 is 0 Å². The smallest absolute Gasteiger partial charge is 0.145 e. The van der Waals surface area contributed by atoms with E-state index in [0.29, 0.717) is 29.6 Å². The SMILES string of the molecule is Cc1nonc1COc1ccc(F)cc1CNCC(C)C. The minimum Gasteiger partial charge on any atom is -0.487 e. The summed E-state index contributed by atoms with van der Waals surface area (Å²) in [7, 11) is 0. The fourth-order valence-electron chi connectivity index (χ4n) is 1.85. The molecule has 0 unspecified atom stereocenters. The maximum atomic E-state index is 13.4. The van der Waals surface area contributed by atoms with E-state index in [4.69, 9.17) is 4.74 Å². The standard InChI is InChI=1S/C15H20FN3O2/c1-10(2)7-17-8-12-6-13(16)4-5-15(12)20-9-14-11(3)18-21-19-14/h4-6,10,17H,7-9H2,1-3H3. The number of nitrogens with zero attached hydrogens (tertiary/aromatic N) is 2. The van der Waals surface area contributed by atoms with Crippen molar-refractivity contribution in [2.45, 2.75) is 33.9 Å². The van der Waals surface area contributed by atoms with E-state index in [-0.39, 0.29) is 12.4 Å². The van der Waals surface area contributed by atoms with Crippen LogP contribution in [0.1, 0.15) is 30.8 Å². The van der Waals surface area contributed by atoms with Gasteiger partial charge in [0, 0.05) is 12.1 Å². The van der Waals surface area contributed by atoms with Crippen molar-refractivity contribution in [3.8, 4) is 5.75 Å². The number of aromatic nitrogens is 2. The zero-order chi connectivity index (χ0) is 15.2.